The topological polar surface area (TPSA) is 21.3 Å². The van der Waals surface area contributed by atoms with Crippen molar-refractivity contribution in [1.82, 2.24) is 5.32 Å². The number of benzene rings is 1. The van der Waals surface area contributed by atoms with Crippen molar-refractivity contribution < 1.29 is 4.74 Å². The maximum atomic E-state index is 5.77. The average molecular weight is 233 g/mol. The molecule has 1 N–H and O–H groups in total. The number of aryl methyl sites for hydroxylation is 1. The minimum Gasteiger partial charge on any atom is -0.494 e. The molecule has 1 aromatic carbocycles. The van der Waals surface area contributed by atoms with E-state index in [4.69, 9.17) is 4.74 Å². The number of piperidine rings is 1. The first-order valence-corrected chi connectivity index (χ1v) is 6.83. The Morgan fingerprint density at radius 1 is 1.24 bits per heavy atom. The smallest absolute Gasteiger partial charge is 0.119 e. The Morgan fingerprint density at radius 3 is 2.71 bits per heavy atom. The van der Waals surface area contributed by atoms with Crippen molar-refractivity contribution in [2.45, 2.75) is 45.1 Å². The van der Waals surface area contributed by atoms with E-state index < -0.39 is 0 Å². The van der Waals surface area contributed by atoms with Crippen LogP contribution in [0.3, 0.4) is 0 Å². The van der Waals surface area contributed by atoms with Crippen molar-refractivity contribution in [2.24, 2.45) is 0 Å². The zero-order valence-electron chi connectivity index (χ0n) is 10.7. The molecule has 2 heteroatoms. The van der Waals surface area contributed by atoms with Crippen LogP contribution in [0.2, 0.25) is 0 Å². The molecule has 94 valence electrons. The molecule has 2 nitrogen and oxygen atoms in total. The van der Waals surface area contributed by atoms with E-state index >= 15 is 0 Å². The van der Waals surface area contributed by atoms with E-state index in [0.717, 1.165) is 25.2 Å². The van der Waals surface area contributed by atoms with E-state index in [2.05, 4.69) is 36.5 Å². The zero-order chi connectivity index (χ0) is 11.9. The Balaban J connectivity index is 1.69. The van der Waals surface area contributed by atoms with Gasteiger partial charge in [0.15, 0.2) is 0 Å². The second-order valence-corrected chi connectivity index (χ2v) is 4.78. The van der Waals surface area contributed by atoms with Crippen molar-refractivity contribution in [3.8, 4) is 5.75 Å². The summed E-state index contributed by atoms with van der Waals surface area (Å²) in [5.74, 6) is 0.998. The molecule has 0 amide bonds. The lowest BCUT2D eigenvalue weighted by molar-refractivity contribution is 0.268. The van der Waals surface area contributed by atoms with Gasteiger partial charge in [-0.2, -0.15) is 0 Å². The highest BCUT2D eigenvalue weighted by molar-refractivity contribution is 5.27. The fourth-order valence-electron chi connectivity index (χ4n) is 2.31. The first-order valence-electron chi connectivity index (χ1n) is 6.83. The summed E-state index contributed by atoms with van der Waals surface area (Å²) in [6, 6.07) is 9.11. The summed E-state index contributed by atoms with van der Waals surface area (Å²) in [4.78, 5) is 0. The van der Waals surface area contributed by atoms with Crippen molar-refractivity contribution in [2.75, 3.05) is 13.2 Å². The first-order chi connectivity index (χ1) is 8.38. The van der Waals surface area contributed by atoms with E-state index in [1.165, 1.54) is 31.4 Å². The van der Waals surface area contributed by atoms with Gasteiger partial charge in [-0.1, -0.05) is 25.5 Å². The summed E-state index contributed by atoms with van der Waals surface area (Å²) in [6.07, 6.45) is 6.21. The maximum Gasteiger partial charge on any atom is 0.119 e. The molecule has 1 aliphatic rings. The van der Waals surface area contributed by atoms with Crippen LogP contribution >= 0.6 is 0 Å². The summed E-state index contributed by atoms with van der Waals surface area (Å²) in [5, 5.41) is 3.54. The van der Waals surface area contributed by atoms with Crippen LogP contribution in [0.5, 0.6) is 5.75 Å². The average Bonchev–Trinajstić information content (AvgIpc) is 2.41. The van der Waals surface area contributed by atoms with Crippen LogP contribution in [0.4, 0.5) is 0 Å². The fraction of sp³-hybridized carbons (Fsp3) is 0.600. The van der Waals surface area contributed by atoms with E-state index in [-0.39, 0.29) is 0 Å². The second-order valence-electron chi connectivity index (χ2n) is 4.78. The summed E-state index contributed by atoms with van der Waals surface area (Å²) in [7, 11) is 0. The third-order valence-electron chi connectivity index (χ3n) is 3.48. The molecule has 1 fully saturated rings. The maximum absolute atomic E-state index is 5.77. The summed E-state index contributed by atoms with van der Waals surface area (Å²) in [6.45, 7) is 4.17. The number of rotatable bonds is 5. The van der Waals surface area contributed by atoms with Gasteiger partial charge in [-0.3, -0.25) is 0 Å². The van der Waals surface area contributed by atoms with Crippen molar-refractivity contribution in [3.63, 3.8) is 0 Å². The highest BCUT2D eigenvalue weighted by Gasteiger charge is 2.11. The van der Waals surface area contributed by atoms with Gasteiger partial charge in [-0.15, -0.1) is 0 Å². The molecule has 0 saturated carbocycles. The standard InChI is InChI=1S/C15H23NO/c1-2-13-6-8-15(9-7-13)17-12-10-14-5-3-4-11-16-14/h6-9,14,16H,2-5,10-12H2,1H3/t14-/m0/s1. The fourth-order valence-corrected chi connectivity index (χ4v) is 2.31. The molecule has 1 aromatic rings. The second kappa shape index (κ2) is 6.65. The molecule has 0 aliphatic carbocycles. The third-order valence-corrected chi connectivity index (χ3v) is 3.48. The van der Waals surface area contributed by atoms with E-state index in [1.807, 2.05) is 0 Å². The van der Waals surface area contributed by atoms with Crippen LogP contribution in [0, 0.1) is 0 Å². The monoisotopic (exact) mass is 233 g/mol. The Labute approximate surface area is 104 Å². The molecular weight excluding hydrogens is 210 g/mol. The van der Waals surface area contributed by atoms with Crippen molar-refractivity contribution in [3.05, 3.63) is 29.8 Å². The minimum atomic E-state index is 0.665. The van der Waals surface area contributed by atoms with Gasteiger partial charge < -0.3 is 10.1 Å². The van der Waals surface area contributed by atoms with Crippen LogP contribution in [0.25, 0.3) is 0 Å². The van der Waals surface area contributed by atoms with E-state index in [1.54, 1.807) is 0 Å². The van der Waals surface area contributed by atoms with Crippen LogP contribution in [-0.2, 0) is 6.42 Å². The number of ether oxygens (including phenoxy) is 1. The number of hydrogen-bond donors (Lipinski definition) is 1. The van der Waals surface area contributed by atoms with Gasteiger partial charge in [-0.05, 0) is 49.9 Å². The lowest BCUT2D eigenvalue weighted by Crippen LogP contribution is -2.35. The van der Waals surface area contributed by atoms with Gasteiger partial charge >= 0.3 is 0 Å². The number of nitrogens with one attached hydrogen (secondary N) is 1. The molecular formula is C15H23NO. The van der Waals surface area contributed by atoms with Crippen LogP contribution in [-0.4, -0.2) is 19.2 Å². The van der Waals surface area contributed by atoms with Gasteiger partial charge in [0.1, 0.15) is 5.75 Å². The van der Waals surface area contributed by atoms with E-state index in [9.17, 15) is 0 Å². The Hall–Kier alpha value is -1.02. The van der Waals surface area contributed by atoms with Crippen LogP contribution in [0.15, 0.2) is 24.3 Å². The summed E-state index contributed by atoms with van der Waals surface area (Å²) >= 11 is 0. The molecule has 1 saturated heterocycles. The van der Waals surface area contributed by atoms with Gasteiger partial charge in [0.05, 0.1) is 6.61 Å². The highest BCUT2D eigenvalue weighted by Crippen LogP contribution is 2.14. The lowest BCUT2D eigenvalue weighted by Gasteiger charge is -2.23. The van der Waals surface area contributed by atoms with Crippen LogP contribution in [0.1, 0.15) is 38.2 Å². The zero-order valence-corrected chi connectivity index (χ0v) is 10.7. The van der Waals surface area contributed by atoms with Gasteiger partial charge in [0.25, 0.3) is 0 Å². The molecule has 1 atom stereocenters. The summed E-state index contributed by atoms with van der Waals surface area (Å²) in [5.41, 5.74) is 1.37. The molecule has 0 aromatic heterocycles. The molecule has 1 heterocycles. The molecule has 0 bridgehead atoms. The molecule has 17 heavy (non-hydrogen) atoms. The number of hydrogen-bond acceptors (Lipinski definition) is 2. The summed E-state index contributed by atoms with van der Waals surface area (Å²) < 4.78 is 5.77. The quantitative estimate of drug-likeness (QED) is 0.843. The Morgan fingerprint density at radius 2 is 2.06 bits per heavy atom. The highest BCUT2D eigenvalue weighted by atomic mass is 16.5. The minimum absolute atomic E-state index is 0.665. The normalized spacial score (nSPS) is 20.2. The molecule has 0 spiro atoms. The van der Waals surface area contributed by atoms with Gasteiger partial charge in [0, 0.05) is 6.04 Å². The molecule has 1 aliphatic heterocycles. The third kappa shape index (κ3) is 4.04. The van der Waals surface area contributed by atoms with Crippen LogP contribution < -0.4 is 10.1 Å². The van der Waals surface area contributed by atoms with Crippen molar-refractivity contribution in [1.29, 1.82) is 0 Å². The Bertz CT molecular complexity index is 314. The predicted octanol–water partition coefficient (Wildman–Crippen LogP) is 3.16. The first kappa shape index (κ1) is 12.4. The Kier molecular flexibility index (Phi) is 4.87. The SMILES string of the molecule is CCc1ccc(OCC[C@@H]2CCCCN2)cc1. The van der Waals surface area contributed by atoms with Gasteiger partial charge in [0.2, 0.25) is 0 Å². The van der Waals surface area contributed by atoms with E-state index in [0.29, 0.717) is 6.04 Å². The predicted molar refractivity (Wildman–Crippen MR) is 71.6 cm³/mol. The largest absolute Gasteiger partial charge is 0.494 e. The van der Waals surface area contributed by atoms with Crippen molar-refractivity contribution >= 4 is 0 Å². The molecule has 0 unspecified atom stereocenters. The molecule has 0 radical (unpaired) electrons. The lowest BCUT2D eigenvalue weighted by atomic mass is 10.0. The molecule has 2 rings (SSSR count). The van der Waals surface area contributed by atoms with Gasteiger partial charge in [-0.25, -0.2) is 0 Å².